The van der Waals surface area contributed by atoms with E-state index in [0.717, 1.165) is 5.56 Å². The van der Waals surface area contributed by atoms with Crippen LogP contribution in [0.4, 0.5) is 0 Å². The van der Waals surface area contributed by atoms with E-state index in [0.29, 0.717) is 0 Å². The van der Waals surface area contributed by atoms with Gasteiger partial charge in [0.15, 0.2) is 0 Å². The first kappa shape index (κ1) is 11.0. The van der Waals surface area contributed by atoms with Gasteiger partial charge in [-0.05, 0) is 45.7 Å². The van der Waals surface area contributed by atoms with E-state index in [1.165, 1.54) is 3.57 Å². The summed E-state index contributed by atoms with van der Waals surface area (Å²) in [5, 5.41) is 9.98. The standard InChI is InChI=1S/C11H15IO/c1-11(2,3)10(13)8-5-4-6-9(12)7-8/h4-7,10,13H,1-3H3. The van der Waals surface area contributed by atoms with E-state index in [-0.39, 0.29) is 11.5 Å². The number of hydrogen-bond donors (Lipinski definition) is 1. The van der Waals surface area contributed by atoms with Crippen LogP contribution >= 0.6 is 22.6 Å². The zero-order chi connectivity index (χ0) is 10.1. The molecule has 13 heavy (non-hydrogen) atoms. The van der Waals surface area contributed by atoms with Gasteiger partial charge in [-0.3, -0.25) is 0 Å². The van der Waals surface area contributed by atoms with Crippen molar-refractivity contribution >= 4 is 22.6 Å². The number of aliphatic hydroxyl groups is 1. The molecular weight excluding hydrogens is 275 g/mol. The fraction of sp³-hybridized carbons (Fsp3) is 0.455. The predicted molar refractivity (Wildman–Crippen MR) is 63.6 cm³/mol. The Morgan fingerprint density at radius 3 is 2.38 bits per heavy atom. The molecule has 0 saturated carbocycles. The summed E-state index contributed by atoms with van der Waals surface area (Å²) in [5.41, 5.74) is 0.907. The van der Waals surface area contributed by atoms with Crippen LogP contribution in [0.3, 0.4) is 0 Å². The van der Waals surface area contributed by atoms with Crippen molar-refractivity contribution in [3.05, 3.63) is 33.4 Å². The highest BCUT2D eigenvalue weighted by atomic mass is 127. The minimum Gasteiger partial charge on any atom is -0.388 e. The van der Waals surface area contributed by atoms with Gasteiger partial charge in [-0.25, -0.2) is 0 Å². The van der Waals surface area contributed by atoms with E-state index in [1.54, 1.807) is 0 Å². The molecular formula is C11H15IO. The Hall–Kier alpha value is -0.0900. The van der Waals surface area contributed by atoms with Crippen LogP contribution in [0.5, 0.6) is 0 Å². The lowest BCUT2D eigenvalue weighted by Crippen LogP contribution is -2.17. The maximum atomic E-state index is 9.98. The van der Waals surface area contributed by atoms with Crippen LogP contribution in [0.2, 0.25) is 0 Å². The number of hydrogen-bond acceptors (Lipinski definition) is 1. The molecule has 1 atom stereocenters. The van der Waals surface area contributed by atoms with Gasteiger partial charge in [0.1, 0.15) is 0 Å². The molecule has 1 aromatic rings. The molecule has 0 fully saturated rings. The van der Waals surface area contributed by atoms with E-state index >= 15 is 0 Å². The summed E-state index contributed by atoms with van der Waals surface area (Å²) in [6.45, 7) is 6.12. The molecule has 0 aliphatic heterocycles. The Morgan fingerprint density at radius 1 is 1.31 bits per heavy atom. The molecule has 2 heteroatoms. The molecule has 0 aliphatic rings. The Labute approximate surface area is 93.3 Å². The van der Waals surface area contributed by atoms with Crippen molar-refractivity contribution < 1.29 is 5.11 Å². The first-order valence-corrected chi connectivity index (χ1v) is 5.42. The van der Waals surface area contributed by atoms with Crippen molar-refractivity contribution in [2.45, 2.75) is 26.9 Å². The third kappa shape index (κ3) is 2.95. The van der Waals surface area contributed by atoms with Gasteiger partial charge in [0.05, 0.1) is 6.10 Å². The predicted octanol–water partition coefficient (Wildman–Crippen LogP) is 3.37. The van der Waals surface area contributed by atoms with Gasteiger partial charge in [0.25, 0.3) is 0 Å². The molecule has 0 aliphatic carbocycles. The smallest absolute Gasteiger partial charge is 0.0838 e. The molecule has 1 nitrogen and oxygen atoms in total. The molecule has 72 valence electrons. The van der Waals surface area contributed by atoms with Crippen LogP contribution < -0.4 is 0 Å². The second-order valence-electron chi connectivity index (χ2n) is 4.32. The second kappa shape index (κ2) is 3.96. The summed E-state index contributed by atoms with van der Waals surface area (Å²) < 4.78 is 1.17. The fourth-order valence-electron chi connectivity index (χ4n) is 1.18. The molecule has 0 heterocycles. The normalized spacial score (nSPS) is 14.2. The van der Waals surface area contributed by atoms with Crippen molar-refractivity contribution in [1.29, 1.82) is 0 Å². The molecule has 1 aromatic carbocycles. The Morgan fingerprint density at radius 2 is 1.92 bits per heavy atom. The summed E-state index contributed by atoms with van der Waals surface area (Å²) >= 11 is 2.26. The Bertz CT molecular complexity index is 288. The van der Waals surface area contributed by atoms with Crippen molar-refractivity contribution in [3.8, 4) is 0 Å². The molecule has 1 unspecified atom stereocenters. The van der Waals surface area contributed by atoms with Gasteiger partial charge >= 0.3 is 0 Å². The topological polar surface area (TPSA) is 20.2 Å². The molecule has 0 spiro atoms. The maximum absolute atomic E-state index is 9.98. The zero-order valence-corrected chi connectivity index (χ0v) is 10.4. The summed E-state index contributed by atoms with van der Waals surface area (Å²) in [5.74, 6) is 0. The third-order valence-corrected chi connectivity index (χ3v) is 2.66. The second-order valence-corrected chi connectivity index (χ2v) is 5.57. The van der Waals surface area contributed by atoms with Gasteiger partial charge in [0, 0.05) is 3.57 Å². The third-order valence-electron chi connectivity index (χ3n) is 1.98. The summed E-state index contributed by atoms with van der Waals surface area (Å²) in [6.07, 6.45) is -0.387. The molecule has 0 radical (unpaired) electrons. The summed E-state index contributed by atoms with van der Waals surface area (Å²) in [4.78, 5) is 0. The van der Waals surface area contributed by atoms with Crippen molar-refractivity contribution in [1.82, 2.24) is 0 Å². The minimum absolute atomic E-state index is 0.0928. The number of aliphatic hydroxyl groups excluding tert-OH is 1. The molecule has 1 rings (SSSR count). The molecule has 0 saturated heterocycles. The van der Waals surface area contributed by atoms with Gasteiger partial charge in [0.2, 0.25) is 0 Å². The first-order chi connectivity index (χ1) is 5.91. The van der Waals surface area contributed by atoms with Crippen LogP contribution in [0.15, 0.2) is 24.3 Å². The highest BCUT2D eigenvalue weighted by Gasteiger charge is 2.23. The average Bonchev–Trinajstić information content (AvgIpc) is 2.01. The zero-order valence-electron chi connectivity index (χ0n) is 8.21. The molecule has 0 amide bonds. The Kier molecular flexibility index (Phi) is 3.35. The van der Waals surface area contributed by atoms with Crippen LogP contribution in [-0.2, 0) is 0 Å². The van der Waals surface area contributed by atoms with E-state index in [1.807, 2.05) is 45.0 Å². The molecule has 1 N–H and O–H groups in total. The van der Waals surface area contributed by atoms with E-state index in [9.17, 15) is 5.11 Å². The van der Waals surface area contributed by atoms with Gasteiger partial charge in [-0.2, -0.15) is 0 Å². The van der Waals surface area contributed by atoms with E-state index in [4.69, 9.17) is 0 Å². The largest absolute Gasteiger partial charge is 0.388 e. The first-order valence-electron chi connectivity index (χ1n) is 4.35. The SMILES string of the molecule is CC(C)(C)C(O)c1cccc(I)c1. The molecule has 0 aromatic heterocycles. The summed E-state index contributed by atoms with van der Waals surface area (Å²) in [7, 11) is 0. The molecule has 0 bridgehead atoms. The van der Waals surface area contributed by atoms with Gasteiger partial charge in [-0.1, -0.05) is 32.9 Å². The maximum Gasteiger partial charge on any atom is 0.0838 e. The summed E-state index contributed by atoms with van der Waals surface area (Å²) in [6, 6.07) is 8.00. The van der Waals surface area contributed by atoms with Crippen LogP contribution in [0.25, 0.3) is 0 Å². The van der Waals surface area contributed by atoms with Crippen molar-refractivity contribution in [3.63, 3.8) is 0 Å². The quantitative estimate of drug-likeness (QED) is 0.786. The lowest BCUT2D eigenvalue weighted by atomic mass is 9.85. The van der Waals surface area contributed by atoms with Crippen molar-refractivity contribution in [2.24, 2.45) is 5.41 Å². The number of rotatable bonds is 1. The van der Waals surface area contributed by atoms with Crippen molar-refractivity contribution in [2.75, 3.05) is 0 Å². The van der Waals surface area contributed by atoms with E-state index < -0.39 is 0 Å². The highest BCUT2D eigenvalue weighted by Crippen LogP contribution is 2.32. The van der Waals surface area contributed by atoms with Crippen LogP contribution in [-0.4, -0.2) is 5.11 Å². The lowest BCUT2D eigenvalue weighted by Gasteiger charge is -2.26. The number of benzene rings is 1. The minimum atomic E-state index is -0.387. The Balaban J connectivity index is 2.96. The van der Waals surface area contributed by atoms with E-state index in [2.05, 4.69) is 22.6 Å². The monoisotopic (exact) mass is 290 g/mol. The highest BCUT2D eigenvalue weighted by molar-refractivity contribution is 14.1. The van der Waals surface area contributed by atoms with Gasteiger partial charge < -0.3 is 5.11 Å². The van der Waals surface area contributed by atoms with Crippen LogP contribution in [0.1, 0.15) is 32.4 Å². The fourth-order valence-corrected chi connectivity index (χ4v) is 1.74. The lowest BCUT2D eigenvalue weighted by molar-refractivity contribution is 0.0626. The van der Waals surface area contributed by atoms with Crippen LogP contribution in [0, 0.1) is 8.99 Å². The average molecular weight is 290 g/mol. The van der Waals surface area contributed by atoms with Gasteiger partial charge in [-0.15, -0.1) is 0 Å². The number of halogens is 1.